The Labute approximate surface area is 147 Å². The van der Waals surface area contributed by atoms with Crippen LogP contribution < -0.4 is 33.6 Å². The number of rotatable bonds is 4. The predicted molar refractivity (Wildman–Crippen MR) is 78.4 cm³/mol. The molecule has 1 heterocycles. The zero-order valence-corrected chi connectivity index (χ0v) is 13.4. The van der Waals surface area contributed by atoms with Gasteiger partial charge in [-0.2, -0.15) is 17.7 Å². The summed E-state index contributed by atoms with van der Waals surface area (Å²) < 4.78 is 40.0. The van der Waals surface area contributed by atoms with E-state index in [2.05, 4.69) is 5.32 Å². The van der Waals surface area contributed by atoms with Gasteiger partial charge < -0.3 is 17.7 Å². The highest BCUT2D eigenvalue weighted by Crippen LogP contribution is 2.34. The standard InChI is InChI=1S/C15H13F3N4O2.ClH/c16-15(17,18)11-3-1-2-4-12(11)20-13(23)9-22-7-5-10(6-8-22)14(24)21-19;/h1-8,19H,9H2,(H2,20,23,24);1H. The van der Waals surface area contributed by atoms with Crippen LogP contribution in [0.3, 0.4) is 0 Å². The normalized spacial score (nSPS) is 10.6. The molecule has 0 fully saturated rings. The first kappa shape index (κ1) is 20.4. The van der Waals surface area contributed by atoms with Crippen LogP contribution >= 0.6 is 0 Å². The van der Waals surface area contributed by atoms with Crippen molar-refractivity contribution in [1.82, 2.24) is 5.43 Å². The van der Waals surface area contributed by atoms with Gasteiger partial charge in [-0.3, -0.25) is 15.0 Å². The number of nitrogens with one attached hydrogen (secondary N) is 2. The van der Waals surface area contributed by atoms with Gasteiger partial charge in [0.2, 0.25) is 6.54 Å². The molecule has 134 valence electrons. The molecule has 2 amide bonds. The maximum absolute atomic E-state index is 12.9. The first-order valence-electron chi connectivity index (χ1n) is 6.77. The summed E-state index contributed by atoms with van der Waals surface area (Å²) in [5, 5.41) is 2.24. The predicted octanol–water partition coefficient (Wildman–Crippen LogP) is -1.76. The van der Waals surface area contributed by atoms with E-state index >= 15 is 0 Å². The fourth-order valence-electron chi connectivity index (χ4n) is 1.99. The van der Waals surface area contributed by atoms with E-state index in [0.29, 0.717) is 0 Å². The van der Waals surface area contributed by atoms with Crippen molar-refractivity contribution in [3.05, 3.63) is 59.9 Å². The van der Waals surface area contributed by atoms with Crippen LogP contribution in [-0.4, -0.2) is 11.8 Å². The molecular weight excluding hydrogens is 361 g/mol. The number of halogens is 4. The minimum atomic E-state index is -4.56. The highest BCUT2D eigenvalue weighted by molar-refractivity contribution is 5.93. The largest absolute Gasteiger partial charge is 1.00 e. The lowest BCUT2D eigenvalue weighted by molar-refractivity contribution is -0.684. The van der Waals surface area contributed by atoms with Crippen LogP contribution in [0.2, 0.25) is 0 Å². The van der Waals surface area contributed by atoms with Gasteiger partial charge in [-0.05, 0) is 12.1 Å². The van der Waals surface area contributed by atoms with E-state index < -0.39 is 23.6 Å². The number of hydrogen-bond donors (Lipinski definition) is 3. The summed E-state index contributed by atoms with van der Waals surface area (Å²) in [6.07, 6.45) is -1.67. The molecule has 0 aliphatic heterocycles. The van der Waals surface area contributed by atoms with Crippen LogP contribution in [0.15, 0.2) is 48.8 Å². The minimum absolute atomic E-state index is 0. The highest BCUT2D eigenvalue weighted by Gasteiger charge is 2.33. The summed E-state index contributed by atoms with van der Waals surface area (Å²) in [5.74, 6) is 3.87. The Balaban J connectivity index is 0.00000312. The number of hydrogen-bond acceptors (Lipinski definition) is 3. The molecule has 0 unspecified atom stereocenters. The van der Waals surface area contributed by atoms with Crippen molar-refractivity contribution in [2.24, 2.45) is 5.84 Å². The smallest absolute Gasteiger partial charge is 0.418 e. The first-order valence-corrected chi connectivity index (χ1v) is 6.77. The number of carbonyl (C=O) groups excluding carboxylic acids is 2. The van der Waals surface area contributed by atoms with Crippen molar-refractivity contribution in [1.29, 1.82) is 0 Å². The molecule has 0 saturated carbocycles. The van der Waals surface area contributed by atoms with E-state index in [4.69, 9.17) is 5.84 Å². The number of aromatic nitrogens is 1. The maximum atomic E-state index is 12.9. The lowest BCUT2D eigenvalue weighted by Crippen LogP contribution is -3.00. The molecular formula is C15H14ClF3N4O2. The van der Waals surface area contributed by atoms with Crippen molar-refractivity contribution in [2.45, 2.75) is 12.7 Å². The molecule has 0 saturated heterocycles. The third-order valence-corrected chi connectivity index (χ3v) is 3.12. The average Bonchev–Trinajstić information content (AvgIpc) is 2.54. The van der Waals surface area contributed by atoms with E-state index in [-0.39, 0.29) is 30.2 Å². The van der Waals surface area contributed by atoms with Crippen LogP contribution in [0.25, 0.3) is 0 Å². The molecule has 2 rings (SSSR count). The summed E-state index contributed by atoms with van der Waals surface area (Å²) in [6, 6.07) is 7.58. The van der Waals surface area contributed by atoms with Gasteiger partial charge in [-0.15, -0.1) is 0 Å². The van der Waals surface area contributed by atoms with Crippen molar-refractivity contribution >= 4 is 17.5 Å². The van der Waals surface area contributed by atoms with Gasteiger partial charge in [0.25, 0.3) is 11.8 Å². The Kier molecular flexibility index (Phi) is 6.89. The number of nitrogens with zero attached hydrogens (tertiary/aromatic N) is 1. The third-order valence-electron chi connectivity index (χ3n) is 3.12. The van der Waals surface area contributed by atoms with Gasteiger partial charge in [0, 0.05) is 12.1 Å². The zero-order chi connectivity index (χ0) is 17.7. The molecule has 2 aromatic rings. The fourth-order valence-corrected chi connectivity index (χ4v) is 1.99. The quantitative estimate of drug-likeness (QED) is 0.256. The number of hydrazine groups is 1. The van der Waals surface area contributed by atoms with E-state index in [0.717, 1.165) is 6.07 Å². The molecule has 4 N–H and O–H groups in total. The number of nitrogens with two attached hydrogens (primary N) is 1. The summed E-state index contributed by atoms with van der Waals surface area (Å²) in [5.41, 5.74) is 1.02. The van der Waals surface area contributed by atoms with Gasteiger partial charge in [0.05, 0.1) is 16.8 Å². The maximum Gasteiger partial charge on any atom is 0.418 e. The first-order chi connectivity index (χ1) is 11.3. The number of benzene rings is 1. The van der Waals surface area contributed by atoms with E-state index in [1.54, 1.807) is 0 Å². The number of para-hydroxylation sites is 1. The number of alkyl halides is 3. The number of pyridine rings is 1. The third kappa shape index (κ3) is 5.44. The van der Waals surface area contributed by atoms with Gasteiger partial charge in [-0.1, -0.05) is 12.1 Å². The van der Waals surface area contributed by atoms with Crippen LogP contribution in [0.5, 0.6) is 0 Å². The molecule has 1 aromatic carbocycles. The minimum Gasteiger partial charge on any atom is -1.00 e. The Hall–Kier alpha value is -2.65. The molecule has 0 atom stereocenters. The lowest BCUT2D eigenvalue weighted by Gasteiger charge is -2.12. The number of nitrogen functional groups attached to an aromatic ring is 1. The molecule has 0 spiro atoms. The van der Waals surface area contributed by atoms with Gasteiger partial charge in [0.15, 0.2) is 12.4 Å². The Morgan fingerprint density at radius 3 is 2.24 bits per heavy atom. The van der Waals surface area contributed by atoms with E-state index in [9.17, 15) is 22.8 Å². The number of anilines is 1. The van der Waals surface area contributed by atoms with Crippen LogP contribution in [0.4, 0.5) is 18.9 Å². The van der Waals surface area contributed by atoms with Crippen molar-refractivity contribution in [3.8, 4) is 0 Å². The lowest BCUT2D eigenvalue weighted by atomic mass is 10.1. The Bertz CT molecular complexity index is 751. The topological polar surface area (TPSA) is 88.1 Å². The van der Waals surface area contributed by atoms with Crippen molar-refractivity contribution in [2.75, 3.05) is 5.32 Å². The van der Waals surface area contributed by atoms with E-state index in [1.807, 2.05) is 5.43 Å². The van der Waals surface area contributed by atoms with Gasteiger partial charge >= 0.3 is 6.18 Å². The molecule has 6 nitrogen and oxygen atoms in total. The molecule has 0 aliphatic carbocycles. The Morgan fingerprint density at radius 2 is 1.68 bits per heavy atom. The zero-order valence-electron chi connectivity index (χ0n) is 12.7. The molecule has 0 aliphatic rings. The summed E-state index contributed by atoms with van der Waals surface area (Å²) in [7, 11) is 0. The summed E-state index contributed by atoms with van der Waals surface area (Å²) >= 11 is 0. The van der Waals surface area contributed by atoms with Crippen molar-refractivity contribution < 1.29 is 39.7 Å². The second-order valence-corrected chi connectivity index (χ2v) is 4.82. The number of carbonyl (C=O) groups is 2. The number of amides is 2. The van der Waals surface area contributed by atoms with Crippen LogP contribution in [-0.2, 0) is 17.5 Å². The van der Waals surface area contributed by atoms with Gasteiger partial charge in [0.1, 0.15) is 0 Å². The van der Waals surface area contributed by atoms with E-state index in [1.165, 1.54) is 47.3 Å². The molecule has 1 aromatic heterocycles. The monoisotopic (exact) mass is 374 g/mol. The molecule has 25 heavy (non-hydrogen) atoms. The SMILES string of the molecule is NNC(=O)c1cc[n+](CC(=O)Nc2ccccc2C(F)(F)F)cc1.[Cl-]. The second kappa shape index (κ2) is 8.45. The molecule has 0 radical (unpaired) electrons. The average molecular weight is 375 g/mol. The van der Waals surface area contributed by atoms with Gasteiger partial charge in [-0.25, -0.2) is 5.84 Å². The van der Waals surface area contributed by atoms with Crippen molar-refractivity contribution in [3.63, 3.8) is 0 Å². The molecule has 0 bridgehead atoms. The Morgan fingerprint density at radius 1 is 1.08 bits per heavy atom. The fraction of sp³-hybridized carbons (Fsp3) is 0.133. The molecule has 10 heteroatoms. The summed E-state index contributed by atoms with van der Waals surface area (Å²) in [6.45, 7) is -0.212. The summed E-state index contributed by atoms with van der Waals surface area (Å²) in [4.78, 5) is 23.2. The highest BCUT2D eigenvalue weighted by atomic mass is 35.5. The second-order valence-electron chi connectivity index (χ2n) is 4.82. The van der Waals surface area contributed by atoms with Crippen LogP contribution in [0, 0.1) is 0 Å². The van der Waals surface area contributed by atoms with Crippen LogP contribution in [0.1, 0.15) is 15.9 Å².